The summed E-state index contributed by atoms with van der Waals surface area (Å²) in [5, 5.41) is 13.7. The van der Waals surface area contributed by atoms with Crippen molar-refractivity contribution in [2.24, 2.45) is 0 Å². The Morgan fingerprint density at radius 1 is 1.50 bits per heavy atom. The summed E-state index contributed by atoms with van der Waals surface area (Å²) in [5.41, 5.74) is 1.96. The van der Waals surface area contributed by atoms with Gasteiger partial charge in [0.05, 0.1) is 25.9 Å². The van der Waals surface area contributed by atoms with Gasteiger partial charge in [0.2, 0.25) is 0 Å². The second-order valence-corrected chi connectivity index (χ2v) is 4.53. The van der Waals surface area contributed by atoms with E-state index < -0.39 is 0 Å². The Morgan fingerprint density at radius 2 is 2.39 bits per heavy atom. The topological polar surface area (TPSA) is 62.9 Å². The average Bonchev–Trinajstić information content (AvgIpc) is 2.85. The van der Waals surface area contributed by atoms with Crippen LogP contribution in [0, 0.1) is 6.92 Å². The van der Waals surface area contributed by atoms with Crippen LogP contribution in [0.25, 0.3) is 5.65 Å². The molecule has 3 rings (SSSR count). The summed E-state index contributed by atoms with van der Waals surface area (Å²) in [7, 11) is 0. The molecule has 0 aliphatic carbocycles. The molecule has 0 spiro atoms. The highest BCUT2D eigenvalue weighted by molar-refractivity contribution is 5.53. The minimum absolute atomic E-state index is 0.0204. The third-order valence-electron chi connectivity index (χ3n) is 3.24. The molecule has 96 valence electrons. The highest BCUT2D eigenvalue weighted by Gasteiger charge is 2.24. The van der Waals surface area contributed by atoms with E-state index in [4.69, 9.17) is 4.74 Å². The first kappa shape index (κ1) is 11.4. The Balaban J connectivity index is 2.08. The van der Waals surface area contributed by atoms with Crippen LogP contribution in [0.15, 0.2) is 18.5 Å². The SMILES string of the molecule is Cc1cc(N2CCOCC2CO)n2ncnc2c1. The van der Waals surface area contributed by atoms with Crippen molar-refractivity contribution in [1.82, 2.24) is 14.6 Å². The summed E-state index contributed by atoms with van der Waals surface area (Å²) in [6.07, 6.45) is 1.55. The molecule has 0 amide bonds. The van der Waals surface area contributed by atoms with E-state index in [-0.39, 0.29) is 12.6 Å². The van der Waals surface area contributed by atoms with Crippen molar-refractivity contribution < 1.29 is 9.84 Å². The van der Waals surface area contributed by atoms with Crippen LogP contribution in [-0.4, -0.2) is 52.1 Å². The first-order chi connectivity index (χ1) is 8.79. The van der Waals surface area contributed by atoms with Crippen LogP contribution < -0.4 is 4.90 Å². The van der Waals surface area contributed by atoms with Gasteiger partial charge in [0.25, 0.3) is 0 Å². The van der Waals surface area contributed by atoms with Crippen LogP contribution >= 0.6 is 0 Å². The lowest BCUT2D eigenvalue weighted by Gasteiger charge is -2.36. The minimum atomic E-state index is -0.0204. The fourth-order valence-corrected chi connectivity index (χ4v) is 2.35. The number of aliphatic hydroxyl groups excluding tert-OH is 1. The van der Waals surface area contributed by atoms with E-state index in [2.05, 4.69) is 21.0 Å². The van der Waals surface area contributed by atoms with Crippen molar-refractivity contribution in [3.8, 4) is 0 Å². The monoisotopic (exact) mass is 248 g/mol. The maximum Gasteiger partial charge on any atom is 0.157 e. The molecule has 1 unspecified atom stereocenters. The van der Waals surface area contributed by atoms with Crippen LogP contribution in [0.1, 0.15) is 5.56 Å². The zero-order chi connectivity index (χ0) is 12.5. The first-order valence-corrected chi connectivity index (χ1v) is 6.05. The van der Waals surface area contributed by atoms with Crippen molar-refractivity contribution >= 4 is 11.5 Å². The number of rotatable bonds is 2. The summed E-state index contributed by atoms with van der Waals surface area (Å²) in [6.45, 7) is 4.07. The van der Waals surface area contributed by atoms with E-state index in [1.807, 2.05) is 13.0 Å². The number of pyridine rings is 1. The van der Waals surface area contributed by atoms with Crippen LogP contribution in [0.2, 0.25) is 0 Å². The van der Waals surface area contributed by atoms with Gasteiger partial charge in [-0.25, -0.2) is 4.98 Å². The van der Waals surface area contributed by atoms with Gasteiger partial charge in [-0.2, -0.15) is 9.61 Å². The Kier molecular flexibility index (Phi) is 2.89. The second kappa shape index (κ2) is 4.55. The number of nitrogens with zero attached hydrogens (tertiary/aromatic N) is 4. The Labute approximate surface area is 105 Å². The summed E-state index contributed by atoms with van der Waals surface area (Å²) in [6, 6.07) is 4.04. The van der Waals surface area contributed by atoms with Crippen molar-refractivity contribution in [1.29, 1.82) is 0 Å². The predicted molar refractivity (Wildman–Crippen MR) is 66.8 cm³/mol. The number of hydrogen-bond donors (Lipinski definition) is 1. The Bertz CT molecular complexity index is 554. The quantitative estimate of drug-likeness (QED) is 0.824. The normalized spacial score (nSPS) is 20.6. The van der Waals surface area contributed by atoms with Crippen LogP contribution in [0.5, 0.6) is 0 Å². The summed E-state index contributed by atoms with van der Waals surface area (Å²) < 4.78 is 7.21. The molecule has 2 aromatic rings. The van der Waals surface area contributed by atoms with E-state index >= 15 is 0 Å². The molecule has 1 aliphatic rings. The number of aliphatic hydroxyl groups is 1. The highest BCUT2D eigenvalue weighted by atomic mass is 16.5. The molecule has 18 heavy (non-hydrogen) atoms. The molecule has 0 radical (unpaired) electrons. The van der Waals surface area contributed by atoms with Gasteiger partial charge in [0.15, 0.2) is 5.65 Å². The van der Waals surface area contributed by atoms with Gasteiger partial charge in [-0.05, 0) is 24.6 Å². The van der Waals surface area contributed by atoms with Crippen LogP contribution in [0.3, 0.4) is 0 Å². The van der Waals surface area contributed by atoms with Gasteiger partial charge in [-0.3, -0.25) is 0 Å². The molecule has 2 aromatic heterocycles. The molecule has 1 aliphatic heterocycles. The third-order valence-corrected chi connectivity index (χ3v) is 3.24. The van der Waals surface area contributed by atoms with E-state index in [9.17, 15) is 5.11 Å². The molecule has 1 atom stereocenters. The van der Waals surface area contributed by atoms with Crippen LogP contribution in [0.4, 0.5) is 5.82 Å². The van der Waals surface area contributed by atoms with Gasteiger partial charge in [0, 0.05) is 6.54 Å². The van der Waals surface area contributed by atoms with E-state index in [1.165, 1.54) is 0 Å². The Morgan fingerprint density at radius 3 is 3.22 bits per heavy atom. The molecule has 1 fully saturated rings. The fourth-order valence-electron chi connectivity index (χ4n) is 2.35. The molecular weight excluding hydrogens is 232 g/mol. The smallest absolute Gasteiger partial charge is 0.157 e. The summed E-state index contributed by atoms with van der Waals surface area (Å²) in [5.74, 6) is 0.963. The van der Waals surface area contributed by atoms with Crippen molar-refractivity contribution in [2.45, 2.75) is 13.0 Å². The molecule has 3 heterocycles. The lowest BCUT2D eigenvalue weighted by atomic mass is 10.2. The van der Waals surface area contributed by atoms with Crippen LogP contribution in [-0.2, 0) is 4.74 Å². The number of aryl methyl sites for hydroxylation is 1. The Hall–Kier alpha value is -1.66. The minimum Gasteiger partial charge on any atom is -0.394 e. The number of hydrogen-bond acceptors (Lipinski definition) is 5. The fraction of sp³-hybridized carbons (Fsp3) is 0.500. The zero-order valence-electron chi connectivity index (χ0n) is 10.3. The number of ether oxygens (including phenoxy) is 1. The van der Waals surface area contributed by atoms with E-state index in [1.54, 1.807) is 10.8 Å². The molecule has 1 N–H and O–H groups in total. The standard InChI is InChI=1S/C12H16N4O2/c1-9-4-11-13-8-14-16(11)12(5-9)15-2-3-18-7-10(15)6-17/h4-5,8,10,17H,2-3,6-7H2,1H3. The van der Waals surface area contributed by atoms with Crippen molar-refractivity contribution in [3.05, 3.63) is 24.0 Å². The van der Waals surface area contributed by atoms with Crippen molar-refractivity contribution in [2.75, 3.05) is 31.3 Å². The van der Waals surface area contributed by atoms with Gasteiger partial charge >= 0.3 is 0 Å². The largest absolute Gasteiger partial charge is 0.394 e. The average molecular weight is 248 g/mol. The maximum absolute atomic E-state index is 9.45. The van der Waals surface area contributed by atoms with Gasteiger partial charge in [0.1, 0.15) is 12.1 Å². The number of aromatic nitrogens is 3. The lowest BCUT2D eigenvalue weighted by Crippen LogP contribution is -2.48. The van der Waals surface area contributed by atoms with E-state index in [0.717, 1.165) is 23.6 Å². The first-order valence-electron chi connectivity index (χ1n) is 6.05. The van der Waals surface area contributed by atoms with Crippen molar-refractivity contribution in [3.63, 3.8) is 0 Å². The number of morpholine rings is 1. The third kappa shape index (κ3) is 1.83. The van der Waals surface area contributed by atoms with Gasteiger partial charge in [-0.15, -0.1) is 0 Å². The molecule has 6 nitrogen and oxygen atoms in total. The molecule has 0 bridgehead atoms. The lowest BCUT2D eigenvalue weighted by molar-refractivity contribution is 0.0720. The predicted octanol–water partition coefficient (Wildman–Crippen LogP) is 0.235. The number of anilines is 1. The molecule has 1 saturated heterocycles. The van der Waals surface area contributed by atoms with E-state index in [0.29, 0.717) is 13.2 Å². The summed E-state index contributed by atoms with van der Waals surface area (Å²) >= 11 is 0. The zero-order valence-corrected chi connectivity index (χ0v) is 10.3. The van der Waals surface area contributed by atoms with Gasteiger partial charge < -0.3 is 14.7 Å². The molecule has 6 heteroatoms. The number of fused-ring (bicyclic) bond motifs is 1. The summed E-state index contributed by atoms with van der Waals surface area (Å²) in [4.78, 5) is 6.35. The molecular formula is C12H16N4O2. The van der Waals surface area contributed by atoms with Gasteiger partial charge in [-0.1, -0.05) is 0 Å². The molecule has 0 saturated carbocycles. The second-order valence-electron chi connectivity index (χ2n) is 4.53. The molecule has 0 aromatic carbocycles. The maximum atomic E-state index is 9.45. The highest BCUT2D eigenvalue weighted by Crippen LogP contribution is 2.21.